The van der Waals surface area contributed by atoms with Crippen LogP contribution < -0.4 is 5.32 Å². The number of unbranched alkanes of at least 4 members (excludes halogenated alkanes) is 1. The molecule has 0 spiro atoms. The highest BCUT2D eigenvalue weighted by atomic mass is 16.6. The summed E-state index contributed by atoms with van der Waals surface area (Å²) in [5.74, 6) is -0.844. The van der Waals surface area contributed by atoms with E-state index in [1.165, 1.54) is 6.26 Å². The summed E-state index contributed by atoms with van der Waals surface area (Å²) in [7, 11) is 0. The number of alkyl carbamates (subject to hydrolysis) is 1. The third-order valence-corrected chi connectivity index (χ3v) is 3.44. The van der Waals surface area contributed by atoms with E-state index < -0.39 is 18.1 Å². The molecule has 0 fully saturated rings. The molecule has 24 heavy (non-hydrogen) atoms. The van der Waals surface area contributed by atoms with Crippen molar-refractivity contribution in [3.63, 3.8) is 0 Å². The fraction of sp³-hybridized carbons (Fsp3) is 0.412. The van der Waals surface area contributed by atoms with Gasteiger partial charge in [-0.15, -0.1) is 0 Å². The minimum absolute atomic E-state index is 0.0112. The lowest BCUT2D eigenvalue weighted by atomic mass is 10.0. The van der Waals surface area contributed by atoms with Gasteiger partial charge in [-0.05, 0) is 24.8 Å². The van der Waals surface area contributed by atoms with E-state index >= 15 is 0 Å². The van der Waals surface area contributed by atoms with E-state index in [1.54, 1.807) is 0 Å². The third kappa shape index (κ3) is 4.91. The number of carboxylic acid groups (broad SMARTS) is 1. The van der Waals surface area contributed by atoms with Crippen LogP contribution in [0.5, 0.6) is 0 Å². The van der Waals surface area contributed by atoms with Crippen molar-refractivity contribution in [1.29, 1.82) is 0 Å². The number of rotatable bonds is 7. The molecule has 1 unspecified atom stereocenters. The molecule has 0 radical (unpaired) electrons. The molecule has 1 amide bonds. The molecule has 0 aromatic carbocycles. The standard InChI is InChI=1S/C17H21NO6/c1-2-3-9-23-17(21)18-15(16(19)20)14-11-22-10-13(24-14)12-7-5-4-6-8-12/h4-5,7,10-11,15H,2-3,6,8-9H2,1H3,(H,18,21)(H,19,20). The van der Waals surface area contributed by atoms with Crippen molar-refractivity contribution in [3.05, 3.63) is 47.8 Å². The second-order valence-corrected chi connectivity index (χ2v) is 5.30. The van der Waals surface area contributed by atoms with Crippen LogP contribution >= 0.6 is 0 Å². The van der Waals surface area contributed by atoms with Gasteiger partial charge in [0.05, 0.1) is 6.61 Å². The Labute approximate surface area is 140 Å². The van der Waals surface area contributed by atoms with Gasteiger partial charge in [-0.1, -0.05) is 31.6 Å². The van der Waals surface area contributed by atoms with Crippen molar-refractivity contribution >= 4 is 12.1 Å². The first-order chi connectivity index (χ1) is 11.6. The Morgan fingerprint density at radius 2 is 2.25 bits per heavy atom. The molecule has 2 rings (SSSR count). The van der Waals surface area contributed by atoms with Gasteiger partial charge in [0, 0.05) is 0 Å². The predicted octanol–water partition coefficient (Wildman–Crippen LogP) is 2.97. The Balaban J connectivity index is 1.99. The van der Waals surface area contributed by atoms with Crippen LogP contribution in [-0.2, 0) is 19.0 Å². The molecule has 2 aliphatic rings. The van der Waals surface area contributed by atoms with Gasteiger partial charge >= 0.3 is 12.1 Å². The highest BCUT2D eigenvalue weighted by molar-refractivity contribution is 5.82. The van der Waals surface area contributed by atoms with Crippen molar-refractivity contribution in [2.45, 2.75) is 38.6 Å². The SMILES string of the molecule is CCCCOC(=O)NC(C(=O)O)C1=COC=C(C2=CC=CCC2)O1. The topological polar surface area (TPSA) is 94.1 Å². The number of carbonyl (C=O) groups excluding carboxylic acids is 1. The molecule has 1 atom stereocenters. The van der Waals surface area contributed by atoms with E-state index in [1.807, 2.05) is 25.2 Å². The van der Waals surface area contributed by atoms with Crippen LogP contribution in [0.2, 0.25) is 0 Å². The number of hydrogen-bond acceptors (Lipinski definition) is 5. The molecule has 1 aliphatic carbocycles. The molecule has 2 N–H and O–H groups in total. The van der Waals surface area contributed by atoms with Gasteiger partial charge in [0.2, 0.25) is 0 Å². The summed E-state index contributed by atoms with van der Waals surface area (Å²) in [6.45, 7) is 2.19. The van der Waals surface area contributed by atoms with Gasteiger partial charge in [0.1, 0.15) is 12.5 Å². The molecule has 0 saturated heterocycles. The van der Waals surface area contributed by atoms with Gasteiger partial charge in [-0.2, -0.15) is 0 Å². The zero-order chi connectivity index (χ0) is 17.4. The van der Waals surface area contributed by atoms with E-state index in [0.29, 0.717) is 12.2 Å². The number of ether oxygens (including phenoxy) is 3. The Morgan fingerprint density at radius 1 is 1.42 bits per heavy atom. The maximum absolute atomic E-state index is 11.7. The lowest BCUT2D eigenvalue weighted by molar-refractivity contribution is -0.139. The molecule has 130 valence electrons. The van der Waals surface area contributed by atoms with Crippen LogP contribution in [0.3, 0.4) is 0 Å². The average Bonchev–Trinajstić information content (AvgIpc) is 2.60. The molecule has 0 saturated carbocycles. The van der Waals surface area contributed by atoms with E-state index in [4.69, 9.17) is 14.2 Å². The van der Waals surface area contributed by atoms with Crippen LogP contribution in [0.25, 0.3) is 0 Å². The van der Waals surface area contributed by atoms with Gasteiger partial charge in [-0.3, -0.25) is 0 Å². The normalized spacial score (nSPS) is 17.5. The van der Waals surface area contributed by atoms with Crippen molar-refractivity contribution in [2.75, 3.05) is 6.61 Å². The zero-order valence-electron chi connectivity index (χ0n) is 13.5. The van der Waals surface area contributed by atoms with Crippen LogP contribution in [0.1, 0.15) is 32.6 Å². The fourth-order valence-corrected chi connectivity index (χ4v) is 2.14. The average molecular weight is 335 g/mol. The predicted molar refractivity (Wildman–Crippen MR) is 85.6 cm³/mol. The summed E-state index contributed by atoms with van der Waals surface area (Å²) < 4.78 is 15.7. The first kappa shape index (κ1) is 17.7. The Bertz CT molecular complexity index is 602. The number of carbonyl (C=O) groups is 2. The molecular weight excluding hydrogens is 314 g/mol. The largest absolute Gasteiger partial charge is 0.479 e. The minimum Gasteiger partial charge on any atom is -0.479 e. The van der Waals surface area contributed by atoms with Crippen molar-refractivity contribution in [1.82, 2.24) is 5.32 Å². The molecule has 0 aromatic rings. The molecule has 1 heterocycles. The number of hydrogen-bond donors (Lipinski definition) is 2. The smallest absolute Gasteiger partial charge is 0.408 e. The van der Waals surface area contributed by atoms with E-state index in [9.17, 15) is 14.7 Å². The summed E-state index contributed by atoms with van der Waals surface area (Å²) in [6.07, 6.45) is 10.8. The summed E-state index contributed by atoms with van der Waals surface area (Å²) in [5, 5.41) is 11.6. The quantitative estimate of drug-likeness (QED) is 0.695. The molecule has 7 heteroatoms. The van der Waals surface area contributed by atoms with Gasteiger partial charge in [-0.25, -0.2) is 9.59 Å². The summed E-state index contributed by atoms with van der Waals surface area (Å²) in [4.78, 5) is 23.2. The van der Waals surface area contributed by atoms with E-state index in [2.05, 4.69) is 5.32 Å². The van der Waals surface area contributed by atoms with Crippen molar-refractivity contribution in [2.24, 2.45) is 0 Å². The van der Waals surface area contributed by atoms with Crippen LogP contribution in [-0.4, -0.2) is 29.8 Å². The van der Waals surface area contributed by atoms with Crippen LogP contribution in [0, 0.1) is 0 Å². The minimum atomic E-state index is -1.39. The number of amides is 1. The lowest BCUT2D eigenvalue weighted by Gasteiger charge is -2.23. The van der Waals surface area contributed by atoms with E-state index in [-0.39, 0.29) is 12.4 Å². The van der Waals surface area contributed by atoms with Gasteiger partial charge in [0.15, 0.2) is 17.6 Å². The van der Waals surface area contributed by atoms with Gasteiger partial charge < -0.3 is 24.6 Å². The summed E-state index contributed by atoms with van der Waals surface area (Å²) in [5.41, 5.74) is 0.901. The number of aliphatic carboxylic acids is 1. The monoisotopic (exact) mass is 335 g/mol. The maximum atomic E-state index is 11.7. The fourth-order valence-electron chi connectivity index (χ4n) is 2.14. The highest BCUT2D eigenvalue weighted by Crippen LogP contribution is 2.27. The number of carboxylic acids is 1. The highest BCUT2D eigenvalue weighted by Gasteiger charge is 2.30. The van der Waals surface area contributed by atoms with Crippen molar-refractivity contribution in [3.8, 4) is 0 Å². The van der Waals surface area contributed by atoms with Crippen LogP contribution in [0.4, 0.5) is 4.79 Å². The first-order valence-electron chi connectivity index (χ1n) is 7.87. The third-order valence-electron chi connectivity index (χ3n) is 3.44. The molecular formula is C17H21NO6. The van der Waals surface area contributed by atoms with Crippen molar-refractivity contribution < 1.29 is 28.9 Å². The second kappa shape index (κ2) is 8.81. The van der Waals surface area contributed by atoms with Gasteiger partial charge in [0.25, 0.3) is 0 Å². The first-order valence-corrected chi connectivity index (χ1v) is 7.87. The lowest BCUT2D eigenvalue weighted by Crippen LogP contribution is -2.43. The summed E-state index contributed by atoms with van der Waals surface area (Å²) >= 11 is 0. The molecule has 1 aliphatic heterocycles. The van der Waals surface area contributed by atoms with Crippen LogP contribution in [0.15, 0.2) is 47.8 Å². The zero-order valence-corrected chi connectivity index (χ0v) is 13.5. The maximum Gasteiger partial charge on any atom is 0.408 e. The second-order valence-electron chi connectivity index (χ2n) is 5.30. The Morgan fingerprint density at radius 3 is 2.92 bits per heavy atom. The number of allylic oxidation sites excluding steroid dienone is 4. The Kier molecular flexibility index (Phi) is 6.48. The molecule has 7 nitrogen and oxygen atoms in total. The Hall–Kier alpha value is -2.70. The number of nitrogens with one attached hydrogen (secondary N) is 1. The molecule has 0 aromatic heterocycles. The summed E-state index contributed by atoms with van der Waals surface area (Å²) in [6, 6.07) is -1.39. The molecule has 0 bridgehead atoms. The van der Waals surface area contributed by atoms with E-state index in [0.717, 1.165) is 31.1 Å².